The predicted molar refractivity (Wildman–Crippen MR) is 93.9 cm³/mol. The molecule has 0 spiro atoms. The van der Waals surface area contributed by atoms with E-state index in [0.717, 1.165) is 25.3 Å². The molecule has 0 radical (unpaired) electrons. The van der Waals surface area contributed by atoms with E-state index in [1.54, 1.807) is 17.7 Å². The van der Waals surface area contributed by atoms with Crippen molar-refractivity contribution in [1.82, 2.24) is 20.4 Å². The van der Waals surface area contributed by atoms with E-state index >= 15 is 0 Å². The van der Waals surface area contributed by atoms with Crippen LogP contribution in [0.15, 0.2) is 33.9 Å². The van der Waals surface area contributed by atoms with E-state index in [2.05, 4.69) is 20.7 Å². The van der Waals surface area contributed by atoms with E-state index in [-0.39, 0.29) is 6.54 Å². The first-order valence-corrected chi connectivity index (χ1v) is 8.19. The van der Waals surface area contributed by atoms with Crippen molar-refractivity contribution in [3.8, 4) is 0 Å². The second kappa shape index (κ2) is 8.01. The summed E-state index contributed by atoms with van der Waals surface area (Å²) >= 11 is 0. The maximum atomic E-state index is 10.6. The van der Waals surface area contributed by atoms with Crippen LogP contribution in [0.3, 0.4) is 0 Å². The van der Waals surface area contributed by atoms with Crippen LogP contribution in [0.5, 0.6) is 0 Å². The van der Waals surface area contributed by atoms with E-state index < -0.39 is 5.60 Å². The van der Waals surface area contributed by atoms with E-state index in [4.69, 9.17) is 4.42 Å². The molecule has 0 saturated carbocycles. The van der Waals surface area contributed by atoms with E-state index in [0.29, 0.717) is 11.7 Å². The summed E-state index contributed by atoms with van der Waals surface area (Å²) in [6.07, 6.45) is 4.71. The van der Waals surface area contributed by atoms with Crippen LogP contribution >= 0.6 is 0 Å². The molecule has 2 aromatic rings. The summed E-state index contributed by atoms with van der Waals surface area (Å²) in [4.78, 5) is 4.47. The molecule has 2 rings (SSSR count). The van der Waals surface area contributed by atoms with Crippen molar-refractivity contribution >= 4 is 5.96 Å². The van der Waals surface area contributed by atoms with Gasteiger partial charge in [-0.3, -0.25) is 4.68 Å². The summed E-state index contributed by atoms with van der Waals surface area (Å²) in [5.74, 6) is 1.97. The van der Waals surface area contributed by atoms with Gasteiger partial charge in [-0.05, 0) is 44.9 Å². The summed E-state index contributed by atoms with van der Waals surface area (Å²) in [5.41, 5.74) is 0.0267. The van der Waals surface area contributed by atoms with Crippen molar-refractivity contribution < 1.29 is 9.52 Å². The maximum Gasteiger partial charge on any atom is 0.191 e. The highest BCUT2D eigenvalue weighted by Crippen LogP contribution is 2.22. The highest BCUT2D eigenvalue weighted by molar-refractivity contribution is 5.79. The van der Waals surface area contributed by atoms with Crippen LogP contribution in [0.25, 0.3) is 0 Å². The van der Waals surface area contributed by atoms with Gasteiger partial charge < -0.3 is 20.2 Å². The number of furan rings is 1. The van der Waals surface area contributed by atoms with Gasteiger partial charge in [-0.2, -0.15) is 5.10 Å². The highest BCUT2D eigenvalue weighted by Gasteiger charge is 2.26. The molecule has 2 aromatic heterocycles. The molecule has 0 aromatic carbocycles. The summed E-state index contributed by atoms with van der Waals surface area (Å²) < 4.78 is 7.30. The third-order valence-electron chi connectivity index (χ3n) is 3.62. The maximum absolute atomic E-state index is 10.6. The molecule has 7 heteroatoms. The molecule has 24 heavy (non-hydrogen) atoms. The minimum atomic E-state index is -1.14. The zero-order valence-corrected chi connectivity index (χ0v) is 14.8. The molecule has 0 amide bonds. The summed E-state index contributed by atoms with van der Waals surface area (Å²) in [5, 5.41) is 21.2. The molecule has 3 N–H and O–H groups in total. The highest BCUT2D eigenvalue weighted by atomic mass is 16.4. The zero-order valence-electron chi connectivity index (χ0n) is 14.8. The number of aliphatic hydroxyl groups is 1. The fraction of sp³-hybridized carbons (Fsp3) is 0.529. The SMILES string of the molecule is CCNC(=NCC(C)(O)c1ccc(C)o1)NCCc1cnn(C)c1. The molecule has 0 fully saturated rings. The molecule has 0 aliphatic carbocycles. The number of nitrogens with zero attached hydrogens (tertiary/aromatic N) is 3. The van der Waals surface area contributed by atoms with Gasteiger partial charge in [0, 0.05) is 26.3 Å². The monoisotopic (exact) mass is 333 g/mol. The van der Waals surface area contributed by atoms with Crippen LogP contribution in [0.1, 0.15) is 30.9 Å². The second-order valence-corrected chi connectivity index (χ2v) is 6.08. The fourth-order valence-corrected chi connectivity index (χ4v) is 2.30. The Bertz CT molecular complexity index is 672. The van der Waals surface area contributed by atoms with Gasteiger partial charge in [-0.15, -0.1) is 0 Å². The van der Waals surface area contributed by atoms with E-state index in [9.17, 15) is 5.11 Å². The van der Waals surface area contributed by atoms with Crippen LogP contribution in [-0.2, 0) is 19.1 Å². The van der Waals surface area contributed by atoms with Crippen molar-refractivity contribution in [3.05, 3.63) is 41.6 Å². The Morgan fingerprint density at radius 1 is 1.42 bits per heavy atom. The van der Waals surface area contributed by atoms with Crippen molar-refractivity contribution in [2.75, 3.05) is 19.6 Å². The third-order valence-corrected chi connectivity index (χ3v) is 3.62. The topological polar surface area (TPSA) is 87.6 Å². The summed E-state index contributed by atoms with van der Waals surface area (Å²) in [6.45, 7) is 7.26. The molecular weight excluding hydrogens is 306 g/mol. The Morgan fingerprint density at radius 2 is 2.21 bits per heavy atom. The number of hydrogen-bond acceptors (Lipinski definition) is 4. The van der Waals surface area contributed by atoms with Crippen molar-refractivity contribution in [1.29, 1.82) is 0 Å². The number of aliphatic imine (C=N–C) groups is 1. The number of aromatic nitrogens is 2. The van der Waals surface area contributed by atoms with Crippen molar-refractivity contribution in [2.45, 2.75) is 32.8 Å². The Morgan fingerprint density at radius 3 is 2.79 bits per heavy atom. The zero-order chi connectivity index (χ0) is 17.6. The lowest BCUT2D eigenvalue weighted by Crippen LogP contribution is -2.39. The van der Waals surface area contributed by atoms with Gasteiger partial charge in [0.2, 0.25) is 0 Å². The van der Waals surface area contributed by atoms with Gasteiger partial charge >= 0.3 is 0 Å². The number of guanidine groups is 1. The molecule has 2 heterocycles. The minimum Gasteiger partial charge on any atom is -0.463 e. The second-order valence-electron chi connectivity index (χ2n) is 6.08. The van der Waals surface area contributed by atoms with Crippen LogP contribution < -0.4 is 10.6 Å². The van der Waals surface area contributed by atoms with Gasteiger partial charge in [0.1, 0.15) is 17.1 Å². The van der Waals surface area contributed by atoms with Crippen LogP contribution in [0.4, 0.5) is 0 Å². The van der Waals surface area contributed by atoms with Gasteiger partial charge in [0.15, 0.2) is 5.96 Å². The summed E-state index contributed by atoms with van der Waals surface area (Å²) in [6, 6.07) is 3.62. The standard InChI is InChI=1S/C17H27N5O2/c1-5-18-16(19-9-8-14-10-21-22(4)11-14)20-12-17(3,23)15-7-6-13(2)24-15/h6-7,10-11,23H,5,8-9,12H2,1-4H3,(H2,18,19,20). The van der Waals surface area contributed by atoms with Crippen molar-refractivity contribution in [3.63, 3.8) is 0 Å². The van der Waals surface area contributed by atoms with Gasteiger partial charge in [-0.1, -0.05) is 0 Å². The lowest BCUT2D eigenvalue weighted by Gasteiger charge is -2.19. The molecule has 1 atom stereocenters. The Balaban J connectivity index is 1.91. The smallest absolute Gasteiger partial charge is 0.191 e. The van der Waals surface area contributed by atoms with Gasteiger partial charge in [0.05, 0.1) is 12.7 Å². The molecular formula is C17H27N5O2. The van der Waals surface area contributed by atoms with Gasteiger partial charge in [-0.25, -0.2) is 4.99 Å². The Hall–Kier alpha value is -2.28. The first-order chi connectivity index (χ1) is 11.4. The van der Waals surface area contributed by atoms with Crippen LogP contribution in [0.2, 0.25) is 0 Å². The average molecular weight is 333 g/mol. The fourth-order valence-electron chi connectivity index (χ4n) is 2.30. The molecule has 0 aliphatic heterocycles. The molecule has 132 valence electrons. The number of rotatable bonds is 7. The first kappa shape index (κ1) is 18.1. The average Bonchev–Trinajstić information content (AvgIpc) is 3.14. The normalized spacial score (nSPS) is 14.5. The predicted octanol–water partition coefficient (Wildman–Crippen LogP) is 1.33. The number of nitrogens with one attached hydrogen (secondary N) is 2. The molecule has 0 saturated heterocycles. The molecule has 1 unspecified atom stereocenters. The first-order valence-electron chi connectivity index (χ1n) is 8.19. The largest absolute Gasteiger partial charge is 0.463 e. The molecule has 0 bridgehead atoms. The molecule has 0 aliphatic rings. The lowest BCUT2D eigenvalue weighted by molar-refractivity contribution is 0.0428. The van der Waals surface area contributed by atoms with E-state index in [1.165, 1.54) is 5.56 Å². The van der Waals surface area contributed by atoms with Crippen LogP contribution in [0, 0.1) is 6.92 Å². The van der Waals surface area contributed by atoms with Gasteiger partial charge in [0.25, 0.3) is 0 Å². The number of aryl methyl sites for hydroxylation is 2. The van der Waals surface area contributed by atoms with Crippen molar-refractivity contribution in [2.24, 2.45) is 12.0 Å². The van der Waals surface area contributed by atoms with Crippen LogP contribution in [-0.4, -0.2) is 40.5 Å². The minimum absolute atomic E-state index is 0.210. The Kier molecular flexibility index (Phi) is 6.03. The van der Waals surface area contributed by atoms with E-state index in [1.807, 2.05) is 39.4 Å². The summed E-state index contributed by atoms with van der Waals surface area (Å²) in [7, 11) is 1.90. The third kappa shape index (κ3) is 5.13. The quantitative estimate of drug-likeness (QED) is 0.525. The lowest BCUT2D eigenvalue weighted by atomic mass is 10.0. The molecule has 7 nitrogen and oxygen atoms in total. The number of hydrogen-bond donors (Lipinski definition) is 3. The Labute approximate surface area is 142 Å².